The van der Waals surface area contributed by atoms with Gasteiger partial charge in [-0.3, -0.25) is 0 Å². The molecular weight excluding hydrogens is 246 g/mol. The van der Waals surface area contributed by atoms with Crippen LogP contribution in [0.3, 0.4) is 0 Å². The van der Waals surface area contributed by atoms with Crippen molar-refractivity contribution in [1.29, 1.82) is 0 Å². The van der Waals surface area contributed by atoms with E-state index in [-0.39, 0.29) is 5.60 Å². The Labute approximate surface area is 126 Å². The van der Waals surface area contributed by atoms with E-state index in [0.717, 1.165) is 12.5 Å². The summed E-state index contributed by atoms with van der Waals surface area (Å²) >= 11 is 0. The van der Waals surface area contributed by atoms with Crippen molar-refractivity contribution in [1.82, 2.24) is 5.32 Å². The van der Waals surface area contributed by atoms with Gasteiger partial charge < -0.3 is 10.1 Å². The molecule has 20 heavy (non-hydrogen) atoms. The Bertz CT molecular complexity index is 271. The predicted molar refractivity (Wildman–Crippen MR) is 86.1 cm³/mol. The molecule has 0 bridgehead atoms. The molecule has 0 spiro atoms. The van der Waals surface area contributed by atoms with Gasteiger partial charge in [-0.15, -0.1) is 0 Å². The third kappa shape index (κ3) is 4.46. The second-order valence-electron chi connectivity index (χ2n) is 7.39. The molecule has 2 heteroatoms. The lowest BCUT2D eigenvalue weighted by atomic mass is 9.81. The van der Waals surface area contributed by atoms with Gasteiger partial charge in [-0.25, -0.2) is 0 Å². The standard InChI is InChI=1S/C18H35NO/c1-4-16-10-6-7-11-17(16)20-18(14-19-15(2)3)12-8-5-9-13-18/h15-17,19H,4-14H2,1-3H3. The summed E-state index contributed by atoms with van der Waals surface area (Å²) in [5.74, 6) is 0.807. The summed E-state index contributed by atoms with van der Waals surface area (Å²) in [7, 11) is 0. The maximum atomic E-state index is 6.81. The van der Waals surface area contributed by atoms with Crippen LogP contribution < -0.4 is 5.32 Å². The van der Waals surface area contributed by atoms with E-state index < -0.39 is 0 Å². The monoisotopic (exact) mass is 281 g/mol. The first-order valence-corrected chi connectivity index (χ1v) is 9.06. The molecule has 118 valence electrons. The molecule has 2 nitrogen and oxygen atoms in total. The Balaban J connectivity index is 1.98. The fourth-order valence-electron chi connectivity index (χ4n) is 4.04. The minimum Gasteiger partial charge on any atom is -0.370 e. The summed E-state index contributed by atoms with van der Waals surface area (Å²) < 4.78 is 6.81. The first kappa shape index (κ1) is 16.3. The third-order valence-corrected chi connectivity index (χ3v) is 5.36. The largest absolute Gasteiger partial charge is 0.370 e. The molecule has 0 aromatic heterocycles. The van der Waals surface area contributed by atoms with E-state index in [4.69, 9.17) is 4.74 Å². The van der Waals surface area contributed by atoms with E-state index in [1.165, 1.54) is 64.2 Å². The Kier molecular flexibility index (Phi) is 6.35. The molecule has 2 rings (SSSR count). The van der Waals surface area contributed by atoms with Crippen molar-refractivity contribution >= 4 is 0 Å². The van der Waals surface area contributed by atoms with E-state index in [2.05, 4.69) is 26.1 Å². The van der Waals surface area contributed by atoms with Gasteiger partial charge in [0.2, 0.25) is 0 Å². The van der Waals surface area contributed by atoms with E-state index in [1.807, 2.05) is 0 Å². The summed E-state index contributed by atoms with van der Waals surface area (Å²) in [6.07, 6.45) is 13.9. The van der Waals surface area contributed by atoms with Crippen LogP contribution in [0.1, 0.15) is 85.0 Å². The Morgan fingerprint density at radius 2 is 1.75 bits per heavy atom. The van der Waals surface area contributed by atoms with Crippen LogP contribution in [-0.4, -0.2) is 24.3 Å². The fraction of sp³-hybridized carbons (Fsp3) is 1.00. The van der Waals surface area contributed by atoms with Crippen LogP contribution in [0, 0.1) is 5.92 Å². The van der Waals surface area contributed by atoms with Crippen molar-refractivity contribution in [2.24, 2.45) is 5.92 Å². The molecule has 1 N–H and O–H groups in total. The molecule has 0 aromatic rings. The lowest BCUT2D eigenvalue weighted by Gasteiger charge is -2.44. The SMILES string of the molecule is CCC1CCCCC1OC1(CNC(C)C)CCCCC1. The normalized spacial score (nSPS) is 30.6. The Morgan fingerprint density at radius 3 is 2.40 bits per heavy atom. The highest BCUT2D eigenvalue weighted by Crippen LogP contribution is 2.38. The maximum absolute atomic E-state index is 6.81. The second kappa shape index (κ2) is 7.79. The fourth-order valence-corrected chi connectivity index (χ4v) is 4.04. The Morgan fingerprint density at radius 1 is 1.05 bits per heavy atom. The number of hydrogen-bond donors (Lipinski definition) is 1. The smallest absolute Gasteiger partial charge is 0.0810 e. The number of nitrogens with one attached hydrogen (secondary N) is 1. The van der Waals surface area contributed by atoms with E-state index >= 15 is 0 Å². The van der Waals surface area contributed by atoms with Crippen LogP contribution in [0.2, 0.25) is 0 Å². The highest BCUT2D eigenvalue weighted by Gasteiger charge is 2.37. The molecule has 2 aliphatic carbocycles. The molecule has 0 aromatic carbocycles. The van der Waals surface area contributed by atoms with Gasteiger partial charge in [0, 0.05) is 12.6 Å². The van der Waals surface area contributed by atoms with Crippen molar-refractivity contribution in [2.75, 3.05) is 6.54 Å². The Hall–Kier alpha value is -0.0800. The molecule has 0 amide bonds. The molecule has 0 heterocycles. The average molecular weight is 281 g/mol. The van der Waals surface area contributed by atoms with Gasteiger partial charge in [-0.1, -0.05) is 59.3 Å². The molecule has 2 atom stereocenters. The second-order valence-corrected chi connectivity index (χ2v) is 7.39. The van der Waals surface area contributed by atoms with Crippen molar-refractivity contribution in [3.05, 3.63) is 0 Å². The molecule has 2 fully saturated rings. The predicted octanol–water partition coefficient (Wildman–Crippen LogP) is 4.67. The zero-order valence-electron chi connectivity index (χ0n) is 13.9. The van der Waals surface area contributed by atoms with Crippen LogP contribution >= 0.6 is 0 Å². The minimum atomic E-state index is 0.137. The zero-order chi connectivity index (χ0) is 14.4. The lowest BCUT2D eigenvalue weighted by molar-refractivity contribution is -0.141. The van der Waals surface area contributed by atoms with Crippen LogP contribution in [0.5, 0.6) is 0 Å². The topological polar surface area (TPSA) is 21.3 Å². The van der Waals surface area contributed by atoms with Gasteiger partial charge in [-0.05, 0) is 31.6 Å². The maximum Gasteiger partial charge on any atom is 0.0810 e. The van der Waals surface area contributed by atoms with Gasteiger partial charge in [0.05, 0.1) is 11.7 Å². The van der Waals surface area contributed by atoms with E-state index in [1.54, 1.807) is 0 Å². The molecule has 2 aliphatic rings. The minimum absolute atomic E-state index is 0.137. The highest BCUT2D eigenvalue weighted by atomic mass is 16.5. The summed E-state index contributed by atoms with van der Waals surface area (Å²) in [6.45, 7) is 7.88. The van der Waals surface area contributed by atoms with Gasteiger partial charge in [0.1, 0.15) is 0 Å². The summed E-state index contributed by atoms with van der Waals surface area (Å²) in [5, 5.41) is 3.65. The van der Waals surface area contributed by atoms with E-state index in [9.17, 15) is 0 Å². The summed E-state index contributed by atoms with van der Waals surface area (Å²) in [6, 6.07) is 0.561. The van der Waals surface area contributed by atoms with Crippen LogP contribution in [0.25, 0.3) is 0 Å². The van der Waals surface area contributed by atoms with Crippen molar-refractivity contribution < 1.29 is 4.74 Å². The molecule has 0 radical (unpaired) electrons. The summed E-state index contributed by atoms with van der Waals surface area (Å²) in [5.41, 5.74) is 0.137. The molecular formula is C18H35NO. The zero-order valence-corrected chi connectivity index (χ0v) is 13.9. The summed E-state index contributed by atoms with van der Waals surface area (Å²) in [4.78, 5) is 0. The number of ether oxygens (including phenoxy) is 1. The molecule has 2 saturated carbocycles. The van der Waals surface area contributed by atoms with Crippen LogP contribution in [-0.2, 0) is 4.74 Å². The van der Waals surface area contributed by atoms with Crippen molar-refractivity contribution in [3.8, 4) is 0 Å². The quantitative estimate of drug-likeness (QED) is 0.763. The molecule has 0 saturated heterocycles. The van der Waals surface area contributed by atoms with Crippen molar-refractivity contribution in [3.63, 3.8) is 0 Å². The number of hydrogen-bond acceptors (Lipinski definition) is 2. The van der Waals surface area contributed by atoms with Crippen LogP contribution in [0.4, 0.5) is 0 Å². The first-order valence-electron chi connectivity index (χ1n) is 9.06. The van der Waals surface area contributed by atoms with Gasteiger partial charge in [0.15, 0.2) is 0 Å². The van der Waals surface area contributed by atoms with E-state index in [0.29, 0.717) is 12.1 Å². The first-order chi connectivity index (χ1) is 9.65. The van der Waals surface area contributed by atoms with Crippen LogP contribution in [0.15, 0.2) is 0 Å². The van der Waals surface area contributed by atoms with Gasteiger partial charge in [-0.2, -0.15) is 0 Å². The molecule has 2 unspecified atom stereocenters. The number of rotatable bonds is 6. The highest BCUT2D eigenvalue weighted by molar-refractivity contribution is 4.90. The van der Waals surface area contributed by atoms with Gasteiger partial charge in [0.25, 0.3) is 0 Å². The van der Waals surface area contributed by atoms with Crippen molar-refractivity contribution in [2.45, 2.75) is 103 Å². The van der Waals surface area contributed by atoms with Gasteiger partial charge >= 0.3 is 0 Å². The lowest BCUT2D eigenvalue weighted by Crippen LogP contribution is -2.50. The average Bonchev–Trinajstić information content (AvgIpc) is 2.47. The third-order valence-electron chi connectivity index (χ3n) is 5.36. The molecule has 0 aliphatic heterocycles.